The van der Waals surface area contributed by atoms with Crippen molar-refractivity contribution in [3.63, 3.8) is 0 Å². The topological polar surface area (TPSA) is 59.5 Å². The van der Waals surface area contributed by atoms with Crippen LogP contribution < -0.4 is 5.32 Å². The summed E-state index contributed by atoms with van der Waals surface area (Å²) in [6.45, 7) is 1.93. The molecule has 3 aromatic heterocycles. The van der Waals surface area contributed by atoms with E-state index in [-0.39, 0.29) is 11.9 Å². The minimum Gasteiger partial charge on any atom is -0.459 e. The average Bonchev–Trinajstić information content (AvgIpc) is 3.41. The maximum Gasteiger partial charge on any atom is 0.252 e. The highest BCUT2D eigenvalue weighted by Crippen LogP contribution is 2.28. The van der Waals surface area contributed by atoms with E-state index in [1.807, 2.05) is 96.5 Å². The number of nitrogens with one attached hydrogen (secondary N) is 1. The second-order valence-electron chi connectivity index (χ2n) is 7.36. The van der Waals surface area contributed by atoms with Gasteiger partial charge in [0.05, 0.1) is 17.3 Å². The summed E-state index contributed by atoms with van der Waals surface area (Å²) in [5, 5.41) is 4.10. The van der Waals surface area contributed by atoms with Crippen LogP contribution in [-0.2, 0) is 5.75 Å². The Hall–Kier alpha value is -3.51. The molecule has 5 nitrogen and oxygen atoms in total. The summed E-state index contributed by atoms with van der Waals surface area (Å²) in [6, 6.07) is 23.2. The summed E-state index contributed by atoms with van der Waals surface area (Å²) >= 11 is 1.61. The van der Waals surface area contributed by atoms with E-state index in [2.05, 4.69) is 10.3 Å². The van der Waals surface area contributed by atoms with Crippen molar-refractivity contribution in [3.8, 4) is 0 Å². The first kappa shape index (κ1) is 19.5. The summed E-state index contributed by atoms with van der Waals surface area (Å²) in [6.07, 6.45) is 4.01. The quantitative estimate of drug-likeness (QED) is 0.345. The third kappa shape index (κ3) is 4.07. The number of benzene rings is 2. The minimum atomic E-state index is -0.239. The second kappa shape index (κ2) is 8.32. The van der Waals surface area contributed by atoms with Crippen molar-refractivity contribution in [1.29, 1.82) is 0 Å². The van der Waals surface area contributed by atoms with Crippen LogP contribution in [0, 0.1) is 0 Å². The van der Waals surface area contributed by atoms with E-state index in [0.717, 1.165) is 33.0 Å². The fraction of sp³-hybridized carbons (Fsp3) is 0.120. The Morgan fingerprint density at radius 2 is 1.90 bits per heavy atom. The van der Waals surface area contributed by atoms with Gasteiger partial charge in [0.25, 0.3) is 5.91 Å². The summed E-state index contributed by atoms with van der Waals surface area (Å²) in [4.78, 5) is 18.6. The Bertz CT molecular complexity index is 1310. The van der Waals surface area contributed by atoms with E-state index in [9.17, 15) is 4.79 Å². The van der Waals surface area contributed by atoms with Gasteiger partial charge in [-0.1, -0.05) is 36.4 Å². The minimum absolute atomic E-state index is 0.119. The van der Waals surface area contributed by atoms with Gasteiger partial charge < -0.3 is 14.1 Å². The van der Waals surface area contributed by atoms with Crippen LogP contribution in [0.25, 0.3) is 16.6 Å². The average molecular weight is 428 g/mol. The zero-order chi connectivity index (χ0) is 21.2. The molecule has 1 atom stereocenters. The lowest BCUT2D eigenvalue weighted by molar-refractivity contribution is 0.0932. The molecule has 1 N–H and O–H groups in total. The molecule has 6 heteroatoms. The number of imidazole rings is 1. The van der Waals surface area contributed by atoms with Crippen LogP contribution in [0.3, 0.4) is 0 Å². The molecular formula is C25H21N3O2S. The molecule has 0 aliphatic heterocycles. The van der Waals surface area contributed by atoms with E-state index in [4.69, 9.17) is 4.42 Å². The van der Waals surface area contributed by atoms with Crippen LogP contribution in [0.1, 0.15) is 34.8 Å². The normalized spacial score (nSPS) is 12.3. The Labute approximate surface area is 184 Å². The number of carbonyl (C=O) groups is 1. The van der Waals surface area contributed by atoms with Crippen LogP contribution >= 0.6 is 11.8 Å². The van der Waals surface area contributed by atoms with Gasteiger partial charge in [-0.25, -0.2) is 4.98 Å². The van der Waals surface area contributed by atoms with Crippen molar-refractivity contribution < 1.29 is 9.21 Å². The molecule has 1 amide bonds. The van der Waals surface area contributed by atoms with Gasteiger partial charge >= 0.3 is 0 Å². The summed E-state index contributed by atoms with van der Waals surface area (Å²) in [7, 11) is 0. The molecule has 1 unspecified atom stereocenters. The first-order valence-electron chi connectivity index (χ1n) is 10.1. The van der Waals surface area contributed by atoms with Gasteiger partial charge in [0.15, 0.2) is 0 Å². The van der Waals surface area contributed by atoms with E-state index < -0.39 is 0 Å². The number of rotatable bonds is 6. The fourth-order valence-corrected chi connectivity index (χ4v) is 4.48. The third-order valence-corrected chi connectivity index (χ3v) is 6.25. The van der Waals surface area contributed by atoms with Crippen LogP contribution in [0.5, 0.6) is 0 Å². The Balaban J connectivity index is 1.31. The standard InChI is InChI=1S/C25H21N3O2S/c1-17(22-14-18-8-2-4-10-21(18)30-22)26-25(29)20-9-3-5-11-23(20)31-16-19-15-28-13-7-6-12-24(28)27-19/h2-15,17H,16H2,1H3,(H,26,29). The van der Waals surface area contributed by atoms with Gasteiger partial charge in [0.1, 0.15) is 17.0 Å². The number of furan rings is 1. The number of amides is 1. The van der Waals surface area contributed by atoms with Gasteiger partial charge in [0, 0.05) is 28.4 Å². The van der Waals surface area contributed by atoms with Gasteiger partial charge in [-0.2, -0.15) is 0 Å². The number of aromatic nitrogens is 2. The van der Waals surface area contributed by atoms with Crippen molar-refractivity contribution in [3.05, 3.63) is 102 Å². The number of hydrogen-bond donors (Lipinski definition) is 1. The van der Waals surface area contributed by atoms with Crippen LogP contribution in [-0.4, -0.2) is 15.3 Å². The van der Waals surface area contributed by atoms with Crippen molar-refractivity contribution in [2.75, 3.05) is 0 Å². The summed E-state index contributed by atoms with van der Waals surface area (Å²) in [5.41, 5.74) is 3.37. The fourth-order valence-electron chi connectivity index (χ4n) is 3.55. The number of carbonyl (C=O) groups excluding carboxylic acids is 1. The number of hydrogen-bond acceptors (Lipinski definition) is 4. The maximum atomic E-state index is 13.0. The second-order valence-corrected chi connectivity index (χ2v) is 8.38. The molecule has 0 saturated carbocycles. The third-order valence-electron chi connectivity index (χ3n) is 5.14. The number of thioether (sulfide) groups is 1. The van der Waals surface area contributed by atoms with Gasteiger partial charge in [-0.3, -0.25) is 4.79 Å². The number of nitrogens with zero attached hydrogens (tertiary/aromatic N) is 2. The highest BCUT2D eigenvalue weighted by Gasteiger charge is 2.18. The molecule has 5 aromatic rings. The van der Waals surface area contributed by atoms with Gasteiger partial charge in [-0.05, 0) is 43.3 Å². The van der Waals surface area contributed by atoms with Gasteiger partial charge in [-0.15, -0.1) is 11.8 Å². The molecule has 154 valence electrons. The number of para-hydroxylation sites is 1. The lowest BCUT2D eigenvalue weighted by atomic mass is 10.1. The van der Waals surface area contributed by atoms with Crippen molar-refractivity contribution in [1.82, 2.24) is 14.7 Å². The summed E-state index contributed by atoms with van der Waals surface area (Å²) < 4.78 is 7.90. The van der Waals surface area contributed by atoms with E-state index in [1.54, 1.807) is 11.8 Å². The van der Waals surface area contributed by atoms with Crippen LogP contribution in [0.2, 0.25) is 0 Å². The smallest absolute Gasteiger partial charge is 0.252 e. The SMILES string of the molecule is CC(NC(=O)c1ccccc1SCc1cn2ccccc2n1)c1cc2ccccc2o1. The lowest BCUT2D eigenvalue weighted by Gasteiger charge is -2.13. The zero-order valence-electron chi connectivity index (χ0n) is 17.0. The molecule has 0 bridgehead atoms. The lowest BCUT2D eigenvalue weighted by Crippen LogP contribution is -2.26. The molecule has 0 aliphatic rings. The Kier molecular flexibility index (Phi) is 5.22. The van der Waals surface area contributed by atoms with Crippen LogP contribution in [0.15, 0.2) is 94.5 Å². The zero-order valence-corrected chi connectivity index (χ0v) is 17.8. The highest BCUT2D eigenvalue weighted by atomic mass is 32.2. The Morgan fingerprint density at radius 3 is 2.77 bits per heavy atom. The largest absolute Gasteiger partial charge is 0.459 e. The first-order valence-corrected chi connectivity index (χ1v) is 11.1. The molecule has 0 spiro atoms. The van der Waals surface area contributed by atoms with Crippen molar-refractivity contribution in [2.45, 2.75) is 23.6 Å². The van der Waals surface area contributed by atoms with Gasteiger partial charge in [0.2, 0.25) is 0 Å². The number of fused-ring (bicyclic) bond motifs is 2. The molecule has 0 fully saturated rings. The predicted molar refractivity (Wildman–Crippen MR) is 123 cm³/mol. The molecule has 5 rings (SSSR count). The van der Waals surface area contributed by atoms with Crippen molar-refractivity contribution >= 4 is 34.3 Å². The predicted octanol–water partition coefficient (Wildman–Crippen LogP) is 5.86. The Morgan fingerprint density at radius 1 is 1.10 bits per heavy atom. The monoisotopic (exact) mass is 427 g/mol. The molecule has 31 heavy (non-hydrogen) atoms. The molecule has 2 aromatic carbocycles. The number of pyridine rings is 1. The van der Waals surface area contributed by atoms with E-state index in [1.165, 1.54) is 0 Å². The van der Waals surface area contributed by atoms with E-state index in [0.29, 0.717) is 11.3 Å². The molecule has 0 aliphatic carbocycles. The summed E-state index contributed by atoms with van der Waals surface area (Å²) in [5.74, 6) is 1.31. The molecule has 3 heterocycles. The molecule has 0 radical (unpaired) electrons. The van der Waals surface area contributed by atoms with Crippen LogP contribution in [0.4, 0.5) is 0 Å². The maximum absolute atomic E-state index is 13.0. The highest BCUT2D eigenvalue weighted by molar-refractivity contribution is 7.98. The van der Waals surface area contributed by atoms with Crippen molar-refractivity contribution in [2.24, 2.45) is 0 Å². The first-order chi connectivity index (χ1) is 15.2. The molecule has 0 saturated heterocycles. The molecular weight excluding hydrogens is 406 g/mol. The van der Waals surface area contributed by atoms with E-state index >= 15 is 0 Å².